The van der Waals surface area contributed by atoms with Gasteiger partial charge in [0.25, 0.3) is 0 Å². The third kappa shape index (κ3) is 4.92. The Hall–Kier alpha value is -0.690. The van der Waals surface area contributed by atoms with Gasteiger partial charge in [0.05, 0.1) is 32.0 Å². The van der Waals surface area contributed by atoms with Crippen molar-refractivity contribution in [3.8, 4) is 0 Å². The Morgan fingerprint density at radius 1 is 1.19 bits per heavy atom. The molecule has 2 heterocycles. The van der Waals surface area contributed by atoms with Gasteiger partial charge in [0.2, 0.25) is 5.91 Å². The second kappa shape index (κ2) is 8.08. The van der Waals surface area contributed by atoms with E-state index < -0.39 is 0 Å². The van der Waals surface area contributed by atoms with Crippen molar-refractivity contribution in [2.24, 2.45) is 0 Å². The number of rotatable bonds is 5. The molecule has 2 rings (SSSR count). The molecule has 2 fully saturated rings. The second-order valence-corrected chi connectivity index (χ2v) is 6.15. The van der Waals surface area contributed by atoms with Crippen LogP contribution < -0.4 is 5.32 Å². The lowest BCUT2D eigenvalue weighted by Crippen LogP contribution is -2.53. The maximum Gasteiger partial charge on any atom is 0.239 e. The number of carbonyl (C=O) groups excluding carboxylic acids is 1. The smallest absolute Gasteiger partial charge is 0.239 e. The highest BCUT2D eigenvalue weighted by atomic mass is 16.5. The fourth-order valence-electron chi connectivity index (χ4n) is 2.79. The van der Waals surface area contributed by atoms with Crippen LogP contribution in [0, 0.1) is 0 Å². The molecule has 1 N–H and O–H groups in total. The Morgan fingerprint density at radius 2 is 1.90 bits per heavy atom. The molecular weight excluding hydrogens is 270 g/mol. The Labute approximate surface area is 127 Å². The number of carbonyl (C=O) groups is 1. The largest absolute Gasteiger partial charge is 0.378 e. The van der Waals surface area contributed by atoms with Crippen molar-refractivity contribution in [2.75, 3.05) is 52.5 Å². The SMILES string of the molecule is CC(NCC1CN(C(C)C)CCO1)C(=O)N1CCOCC1. The highest BCUT2D eigenvalue weighted by Crippen LogP contribution is 2.08. The molecule has 21 heavy (non-hydrogen) atoms. The summed E-state index contributed by atoms with van der Waals surface area (Å²) in [6.45, 7) is 12.5. The van der Waals surface area contributed by atoms with Crippen LogP contribution in [0.4, 0.5) is 0 Å². The minimum atomic E-state index is -0.166. The van der Waals surface area contributed by atoms with Crippen molar-refractivity contribution in [1.82, 2.24) is 15.1 Å². The molecule has 0 spiro atoms. The first-order chi connectivity index (χ1) is 10.1. The van der Waals surface area contributed by atoms with Gasteiger partial charge in [0.1, 0.15) is 0 Å². The first-order valence-electron chi connectivity index (χ1n) is 8.03. The van der Waals surface area contributed by atoms with Gasteiger partial charge in [-0.15, -0.1) is 0 Å². The predicted molar refractivity (Wildman–Crippen MR) is 81.3 cm³/mol. The van der Waals surface area contributed by atoms with E-state index >= 15 is 0 Å². The van der Waals surface area contributed by atoms with E-state index in [1.165, 1.54) is 0 Å². The van der Waals surface area contributed by atoms with Crippen molar-refractivity contribution in [3.63, 3.8) is 0 Å². The van der Waals surface area contributed by atoms with Gasteiger partial charge in [-0.05, 0) is 20.8 Å². The van der Waals surface area contributed by atoms with Gasteiger partial charge < -0.3 is 19.7 Å². The summed E-state index contributed by atoms with van der Waals surface area (Å²) in [7, 11) is 0. The van der Waals surface area contributed by atoms with E-state index in [4.69, 9.17) is 9.47 Å². The molecule has 0 aromatic carbocycles. The number of amides is 1. The molecule has 0 aromatic heterocycles. The maximum atomic E-state index is 12.3. The average Bonchev–Trinajstić information content (AvgIpc) is 2.53. The summed E-state index contributed by atoms with van der Waals surface area (Å²) in [5.74, 6) is 0.162. The van der Waals surface area contributed by atoms with Crippen molar-refractivity contribution in [3.05, 3.63) is 0 Å². The summed E-state index contributed by atoms with van der Waals surface area (Å²) in [5, 5.41) is 3.33. The highest BCUT2D eigenvalue weighted by molar-refractivity contribution is 5.81. The number of hydrogen-bond donors (Lipinski definition) is 1. The van der Waals surface area contributed by atoms with Crippen LogP contribution in [-0.4, -0.2) is 86.4 Å². The zero-order chi connectivity index (χ0) is 15.2. The van der Waals surface area contributed by atoms with E-state index in [-0.39, 0.29) is 18.1 Å². The van der Waals surface area contributed by atoms with Crippen LogP contribution in [0.25, 0.3) is 0 Å². The number of ether oxygens (including phenoxy) is 2. The molecule has 2 atom stereocenters. The zero-order valence-electron chi connectivity index (χ0n) is 13.5. The molecule has 1 amide bonds. The van der Waals surface area contributed by atoms with Crippen LogP contribution in [0.5, 0.6) is 0 Å². The molecule has 0 saturated carbocycles. The molecule has 122 valence electrons. The number of hydrogen-bond acceptors (Lipinski definition) is 5. The summed E-state index contributed by atoms with van der Waals surface area (Å²) in [4.78, 5) is 16.6. The normalized spacial score (nSPS) is 26.1. The molecule has 0 aromatic rings. The standard InChI is InChI=1S/C15H29N3O3/c1-12(2)18-6-9-21-14(11-18)10-16-13(3)15(19)17-4-7-20-8-5-17/h12-14,16H,4-11H2,1-3H3. The molecule has 0 bridgehead atoms. The van der Waals surface area contributed by atoms with Gasteiger partial charge in [-0.2, -0.15) is 0 Å². The summed E-state index contributed by atoms with van der Waals surface area (Å²) < 4.78 is 11.1. The van der Waals surface area contributed by atoms with E-state index in [2.05, 4.69) is 24.1 Å². The van der Waals surface area contributed by atoms with Gasteiger partial charge in [0, 0.05) is 38.8 Å². The van der Waals surface area contributed by atoms with Crippen molar-refractivity contribution in [1.29, 1.82) is 0 Å². The van der Waals surface area contributed by atoms with Gasteiger partial charge in [0.15, 0.2) is 0 Å². The van der Waals surface area contributed by atoms with E-state index in [1.54, 1.807) is 0 Å². The van der Waals surface area contributed by atoms with Crippen LogP contribution in [-0.2, 0) is 14.3 Å². The number of nitrogens with one attached hydrogen (secondary N) is 1. The van der Waals surface area contributed by atoms with Crippen LogP contribution in [0.2, 0.25) is 0 Å². The van der Waals surface area contributed by atoms with Crippen LogP contribution in [0.3, 0.4) is 0 Å². The Balaban J connectivity index is 1.72. The Kier molecular flexibility index (Phi) is 6.41. The van der Waals surface area contributed by atoms with Crippen molar-refractivity contribution < 1.29 is 14.3 Å². The highest BCUT2D eigenvalue weighted by Gasteiger charge is 2.25. The average molecular weight is 299 g/mol. The second-order valence-electron chi connectivity index (χ2n) is 6.15. The Morgan fingerprint density at radius 3 is 2.57 bits per heavy atom. The van der Waals surface area contributed by atoms with Gasteiger partial charge in [-0.3, -0.25) is 9.69 Å². The molecule has 2 saturated heterocycles. The lowest BCUT2D eigenvalue weighted by Gasteiger charge is -2.36. The van der Waals surface area contributed by atoms with E-state index in [1.807, 2.05) is 11.8 Å². The van der Waals surface area contributed by atoms with E-state index in [9.17, 15) is 4.79 Å². The Bertz CT molecular complexity index is 332. The van der Waals surface area contributed by atoms with E-state index in [0.717, 1.165) is 26.2 Å². The summed E-state index contributed by atoms with van der Waals surface area (Å²) in [6.07, 6.45) is 0.168. The fourth-order valence-corrected chi connectivity index (χ4v) is 2.79. The van der Waals surface area contributed by atoms with Crippen molar-refractivity contribution in [2.45, 2.75) is 39.0 Å². The third-order valence-corrected chi connectivity index (χ3v) is 4.25. The topological polar surface area (TPSA) is 54.0 Å². The molecule has 6 nitrogen and oxygen atoms in total. The lowest BCUT2D eigenvalue weighted by molar-refractivity contribution is -0.137. The fraction of sp³-hybridized carbons (Fsp3) is 0.933. The minimum Gasteiger partial charge on any atom is -0.378 e. The molecular formula is C15H29N3O3. The zero-order valence-corrected chi connectivity index (χ0v) is 13.5. The van der Waals surface area contributed by atoms with Gasteiger partial charge >= 0.3 is 0 Å². The summed E-state index contributed by atoms with van der Waals surface area (Å²) >= 11 is 0. The molecule has 2 aliphatic heterocycles. The lowest BCUT2D eigenvalue weighted by atomic mass is 10.2. The maximum absolute atomic E-state index is 12.3. The minimum absolute atomic E-state index is 0.162. The monoisotopic (exact) mass is 299 g/mol. The first-order valence-corrected chi connectivity index (χ1v) is 8.03. The van der Waals surface area contributed by atoms with Crippen molar-refractivity contribution >= 4 is 5.91 Å². The third-order valence-electron chi connectivity index (χ3n) is 4.25. The summed E-state index contributed by atoms with van der Waals surface area (Å²) in [5.41, 5.74) is 0. The van der Waals surface area contributed by atoms with Crippen LogP contribution in [0.1, 0.15) is 20.8 Å². The number of nitrogens with zero attached hydrogens (tertiary/aromatic N) is 2. The molecule has 0 aliphatic carbocycles. The molecule has 0 radical (unpaired) electrons. The van der Waals surface area contributed by atoms with E-state index in [0.29, 0.717) is 32.3 Å². The predicted octanol–water partition coefficient (Wildman–Crippen LogP) is -0.0675. The molecule has 2 unspecified atom stereocenters. The van der Waals surface area contributed by atoms with Gasteiger partial charge in [-0.1, -0.05) is 0 Å². The van der Waals surface area contributed by atoms with Crippen LogP contribution >= 0.6 is 0 Å². The quantitative estimate of drug-likeness (QED) is 0.770. The van der Waals surface area contributed by atoms with Crippen LogP contribution in [0.15, 0.2) is 0 Å². The first kappa shape index (κ1) is 16.7. The number of morpholine rings is 2. The summed E-state index contributed by atoms with van der Waals surface area (Å²) in [6, 6.07) is 0.380. The van der Waals surface area contributed by atoms with Gasteiger partial charge in [-0.25, -0.2) is 0 Å². The molecule has 6 heteroatoms. The molecule has 2 aliphatic rings.